The first-order valence-corrected chi connectivity index (χ1v) is 7.29. The summed E-state index contributed by atoms with van der Waals surface area (Å²) in [7, 11) is 0. The van der Waals surface area contributed by atoms with E-state index in [1.54, 1.807) is 0 Å². The van der Waals surface area contributed by atoms with Gasteiger partial charge in [0.25, 0.3) is 0 Å². The molecule has 0 bridgehead atoms. The average molecular weight is 302 g/mol. The van der Waals surface area contributed by atoms with Crippen LogP contribution in [0.4, 0.5) is 17.1 Å². The molecule has 0 saturated heterocycles. The van der Waals surface area contributed by atoms with Crippen LogP contribution in [0.15, 0.2) is 75.9 Å². The Morgan fingerprint density at radius 2 is 1.74 bits per heavy atom. The van der Waals surface area contributed by atoms with Crippen molar-refractivity contribution in [1.82, 2.24) is 0 Å². The number of hydrogen-bond donors (Lipinski definition) is 2. The van der Waals surface area contributed by atoms with Gasteiger partial charge in [0.15, 0.2) is 0 Å². The highest BCUT2D eigenvalue weighted by Gasteiger charge is 2.09. The van der Waals surface area contributed by atoms with Gasteiger partial charge < -0.3 is 15.5 Å². The van der Waals surface area contributed by atoms with Crippen LogP contribution < -0.4 is 16.7 Å². The summed E-state index contributed by atoms with van der Waals surface area (Å²) >= 11 is 0. The lowest BCUT2D eigenvalue weighted by Gasteiger charge is -2.10. The van der Waals surface area contributed by atoms with Crippen molar-refractivity contribution in [2.45, 2.75) is 0 Å². The summed E-state index contributed by atoms with van der Waals surface area (Å²) in [6, 6.07) is 20.7. The first-order valence-electron chi connectivity index (χ1n) is 7.29. The Bertz CT molecular complexity index is 1080. The first kappa shape index (κ1) is 13.4. The van der Waals surface area contributed by atoms with E-state index in [1.807, 2.05) is 60.7 Å². The van der Waals surface area contributed by atoms with E-state index >= 15 is 0 Å². The largest absolute Gasteiger partial charge is 0.422 e. The Morgan fingerprint density at radius 3 is 2.61 bits per heavy atom. The third kappa shape index (κ3) is 2.40. The summed E-state index contributed by atoms with van der Waals surface area (Å²) in [4.78, 5) is 12.0. The maximum Gasteiger partial charge on any atom is 0.338 e. The molecule has 0 aliphatic heterocycles. The number of fused-ring (bicyclic) bond motifs is 3. The van der Waals surface area contributed by atoms with Gasteiger partial charge in [-0.3, -0.25) is 0 Å². The zero-order valence-corrected chi connectivity index (χ0v) is 12.2. The van der Waals surface area contributed by atoms with Gasteiger partial charge in [0.1, 0.15) is 5.58 Å². The molecule has 3 N–H and O–H groups in total. The van der Waals surface area contributed by atoms with Crippen LogP contribution in [-0.4, -0.2) is 0 Å². The summed E-state index contributed by atoms with van der Waals surface area (Å²) in [5.41, 5.74) is 8.19. The van der Waals surface area contributed by atoms with Crippen LogP contribution in [0.25, 0.3) is 21.7 Å². The van der Waals surface area contributed by atoms with Gasteiger partial charge >= 0.3 is 5.63 Å². The molecule has 4 heteroatoms. The van der Waals surface area contributed by atoms with E-state index in [0.29, 0.717) is 17.0 Å². The second-order valence-corrected chi connectivity index (χ2v) is 5.39. The van der Waals surface area contributed by atoms with Gasteiger partial charge in [-0.15, -0.1) is 0 Å². The number of hydrogen-bond acceptors (Lipinski definition) is 4. The van der Waals surface area contributed by atoms with Crippen molar-refractivity contribution in [1.29, 1.82) is 0 Å². The molecule has 112 valence electrons. The molecule has 0 fully saturated rings. The van der Waals surface area contributed by atoms with E-state index in [0.717, 1.165) is 21.8 Å². The second kappa shape index (κ2) is 5.18. The van der Waals surface area contributed by atoms with Gasteiger partial charge in [0.2, 0.25) is 0 Å². The molecular formula is C19H14N2O2. The molecule has 4 nitrogen and oxygen atoms in total. The van der Waals surface area contributed by atoms with Crippen molar-refractivity contribution in [2.75, 3.05) is 11.1 Å². The van der Waals surface area contributed by atoms with Crippen LogP contribution in [0.1, 0.15) is 0 Å². The van der Waals surface area contributed by atoms with Gasteiger partial charge in [-0.2, -0.15) is 0 Å². The Kier molecular flexibility index (Phi) is 3.01. The highest BCUT2D eigenvalue weighted by Crippen LogP contribution is 2.30. The van der Waals surface area contributed by atoms with Crippen LogP contribution in [0.2, 0.25) is 0 Å². The Balaban J connectivity index is 1.96. The van der Waals surface area contributed by atoms with Gasteiger partial charge in [0.05, 0.1) is 5.69 Å². The standard InChI is InChI=1S/C19H14N2O2/c20-13-5-3-6-14(10-13)21-17-11-18(22)23-19-15-7-2-1-4-12(15)8-9-16(17)19/h1-11,21H,20H2. The van der Waals surface area contributed by atoms with Crippen molar-refractivity contribution in [3.05, 3.63) is 77.2 Å². The minimum Gasteiger partial charge on any atom is -0.422 e. The molecule has 0 saturated carbocycles. The molecular weight excluding hydrogens is 288 g/mol. The minimum absolute atomic E-state index is 0.389. The molecule has 0 unspecified atom stereocenters. The molecule has 1 aromatic heterocycles. The molecule has 0 spiro atoms. The van der Waals surface area contributed by atoms with E-state index < -0.39 is 0 Å². The molecule has 0 amide bonds. The van der Waals surface area contributed by atoms with E-state index in [9.17, 15) is 4.79 Å². The number of nitrogen functional groups attached to an aromatic ring is 1. The lowest BCUT2D eigenvalue weighted by atomic mass is 10.1. The Labute approximate surface area is 132 Å². The molecule has 4 aromatic rings. The predicted octanol–water partition coefficient (Wildman–Crippen LogP) is 4.27. The molecule has 3 aromatic carbocycles. The average Bonchev–Trinajstić information content (AvgIpc) is 2.54. The van der Waals surface area contributed by atoms with E-state index in [1.165, 1.54) is 6.07 Å². The number of anilines is 3. The van der Waals surface area contributed by atoms with Gasteiger partial charge in [-0.1, -0.05) is 36.4 Å². The minimum atomic E-state index is -0.389. The number of nitrogens with one attached hydrogen (secondary N) is 1. The fraction of sp³-hybridized carbons (Fsp3) is 0. The van der Waals surface area contributed by atoms with E-state index in [-0.39, 0.29) is 5.63 Å². The third-order valence-corrected chi connectivity index (χ3v) is 3.80. The van der Waals surface area contributed by atoms with Crippen molar-refractivity contribution >= 4 is 38.8 Å². The number of rotatable bonds is 2. The highest BCUT2D eigenvalue weighted by molar-refractivity contribution is 6.08. The molecule has 0 atom stereocenters. The first-order chi connectivity index (χ1) is 11.2. The molecule has 1 heterocycles. The molecule has 0 radical (unpaired) electrons. The summed E-state index contributed by atoms with van der Waals surface area (Å²) in [5, 5.41) is 6.05. The smallest absolute Gasteiger partial charge is 0.338 e. The zero-order chi connectivity index (χ0) is 15.8. The fourth-order valence-corrected chi connectivity index (χ4v) is 2.77. The van der Waals surface area contributed by atoms with Crippen LogP contribution in [-0.2, 0) is 0 Å². The zero-order valence-electron chi connectivity index (χ0n) is 12.2. The molecule has 0 aliphatic carbocycles. The van der Waals surface area contributed by atoms with Gasteiger partial charge in [0, 0.05) is 28.2 Å². The van der Waals surface area contributed by atoms with Crippen molar-refractivity contribution in [3.8, 4) is 0 Å². The summed E-state index contributed by atoms with van der Waals surface area (Å²) < 4.78 is 5.46. The molecule has 23 heavy (non-hydrogen) atoms. The predicted molar refractivity (Wildman–Crippen MR) is 94.1 cm³/mol. The fourth-order valence-electron chi connectivity index (χ4n) is 2.77. The van der Waals surface area contributed by atoms with Crippen LogP contribution in [0.5, 0.6) is 0 Å². The Hall–Kier alpha value is -3.27. The quantitative estimate of drug-likeness (QED) is 0.329. The number of nitrogens with two attached hydrogens (primary N) is 1. The lowest BCUT2D eigenvalue weighted by Crippen LogP contribution is -2.01. The summed E-state index contributed by atoms with van der Waals surface area (Å²) in [6.07, 6.45) is 0. The van der Waals surface area contributed by atoms with E-state index in [2.05, 4.69) is 5.32 Å². The summed E-state index contributed by atoms with van der Waals surface area (Å²) in [5.74, 6) is 0. The summed E-state index contributed by atoms with van der Waals surface area (Å²) in [6.45, 7) is 0. The van der Waals surface area contributed by atoms with Crippen molar-refractivity contribution in [3.63, 3.8) is 0 Å². The van der Waals surface area contributed by atoms with Crippen molar-refractivity contribution < 1.29 is 4.42 Å². The third-order valence-electron chi connectivity index (χ3n) is 3.80. The van der Waals surface area contributed by atoms with Crippen LogP contribution >= 0.6 is 0 Å². The normalized spacial score (nSPS) is 11.0. The maximum absolute atomic E-state index is 12.0. The van der Waals surface area contributed by atoms with Crippen molar-refractivity contribution in [2.24, 2.45) is 0 Å². The lowest BCUT2D eigenvalue weighted by molar-refractivity contribution is 0.565. The molecule has 0 aliphatic rings. The highest BCUT2D eigenvalue weighted by atomic mass is 16.4. The SMILES string of the molecule is Nc1cccc(Nc2cc(=O)oc3c2ccc2ccccc23)c1. The van der Waals surface area contributed by atoms with Gasteiger partial charge in [-0.05, 0) is 29.7 Å². The monoisotopic (exact) mass is 302 g/mol. The molecule has 4 rings (SSSR count). The Morgan fingerprint density at radius 1 is 0.870 bits per heavy atom. The van der Waals surface area contributed by atoms with Crippen LogP contribution in [0, 0.1) is 0 Å². The van der Waals surface area contributed by atoms with E-state index in [4.69, 9.17) is 10.2 Å². The topological polar surface area (TPSA) is 68.3 Å². The van der Waals surface area contributed by atoms with Crippen LogP contribution in [0.3, 0.4) is 0 Å². The number of benzene rings is 3. The van der Waals surface area contributed by atoms with Gasteiger partial charge in [-0.25, -0.2) is 4.79 Å². The second-order valence-electron chi connectivity index (χ2n) is 5.39. The maximum atomic E-state index is 12.0.